The van der Waals surface area contributed by atoms with Crippen LogP contribution in [0.2, 0.25) is 0 Å². The standard InChI is InChI=1S/C18H17N3O2S/c22-18(13-10-15(23-20-13)11-7-8-11)21-9-3-5-14(21)17-19-12-4-1-2-6-16(12)24-17/h1-2,4,6,10-11,14H,3,5,7-9H2. The van der Waals surface area contributed by atoms with E-state index in [2.05, 4.69) is 11.2 Å². The number of nitrogens with zero attached hydrogens (tertiary/aromatic N) is 3. The van der Waals surface area contributed by atoms with Gasteiger partial charge in [0.2, 0.25) is 0 Å². The fourth-order valence-electron chi connectivity index (χ4n) is 3.40. The van der Waals surface area contributed by atoms with Crippen LogP contribution in [0.4, 0.5) is 0 Å². The molecule has 3 aromatic rings. The van der Waals surface area contributed by atoms with Gasteiger partial charge in [-0.3, -0.25) is 4.79 Å². The van der Waals surface area contributed by atoms with Gasteiger partial charge in [-0.25, -0.2) is 4.98 Å². The maximum atomic E-state index is 12.9. The van der Waals surface area contributed by atoms with Crippen molar-refractivity contribution < 1.29 is 9.32 Å². The monoisotopic (exact) mass is 339 g/mol. The summed E-state index contributed by atoms with van der Waals surface area (Å²) in [4.78, 5) is 19.5. The Labute approximate surface area is 143 Å². The molecule has 2 fully saturated rings. The maximum absolute atomic E-state index is 12.9. The van der Waals surface area contributed by atoms with E-state index in [1.54, 1.807) is 11.3 Å². The Morgan fingerprint density at radius 2 is 2.12 bits per heavy atom. The van der Waals surface area contributed by atoms with Gasteiger partial charge in [-0.2, -0.15) is 0 Å². The average Bonchev–Trinajstić information content (AvgIpc) is 3.07. The summed E-state index contributed by atoms with van der Waals surface area (Å²) in [7, 11) is 0. The number of likely N-dealkylation sites (tertiary alicyclic amines) is 1. The van der Waals surface area contributed by atoms with Crippen LogP contribution in [0.1, 0.15) is 58.9 Å². The van der Waals surface area contributed by atoms with Crippen LogP contribution in [-0.4, -0.2) is 27.5 Å². The van der Waals surface area contributed by atoms with E-state index in [9.17, 15) is 4.79 Å². The summed E-state index contributed by atoms with van der Waals surface area (Å²) in [5.41, 5.74) is 1.44. The number of hydrogen-bond donors (Lipinski definition) is 0. The van der Waals surface area contributed by atoms with Crippen molar-refractivity contribution >= 4 is 27.5 Å². The molecule has 0 N–H and O–H groups in total. The molecule has 5 rings (SSSR count). The van der Waals surface area contributed by atoms with Crippen LogP contribution in [0.15, 0.2) is 34.9 Å². The smallest absolute Gasteiger partial charge is 0.276 e. The lowest BCUT2D eigenvalue weighted by atomic mass is 10.2. The molecule has 1 saturated carbocycles. The predicted octanol–water partition coefficient (Wildman–Crippen LogP) is 4.14. The van der Waals surface area contributed by atoms with Gasteiger partial charge in [0.25, 0.3) is 5.91 Å². The van der Waals surface area contributed by atoms with Gasteiger partial charge in [0.15, 0.2) is 5.69 Å². The van der Waals surface area contributed by atoms with Crippen LogP contribution in [0.5, 0.6) is 0 Å². The normalized spacial score (nSPS) is 20.8. The SMILES string of the molecule is O=C(c1cc(C2CC2)on1)N1CCCC1c1nc2ccccc2s1. The van der Waals surface area contributed by atoms with Crippen molar-refractivity contribution in [1.82, 2.24) is 15.0 Å². The molecule has 2 aliphatic rings. The van der Waals surface area contributed by atoms with Gasteiger partial charge in [0.1, 0.15) is 10.8 Å². The van der Waals surface area contributed by atoms with Crippen molar-refractivity contribution in [2.24, 2.45) is 0 Å². The summed E-state index contributed by atoms with van der Waals surface area (Å²) in [6.45, 7) is 0.755. The maximum Gasteiger partial charge on any atom is 0.276 e. The second-order valence-electron chi connectivity index (χ2n) is 6.57. The Balaban J connectivity index is 1.44. The molecule has 5 nitrogen and oxygen atoms in total. The van der Waals surface area contributed by atoms with Crippen LogP contribution in [0, 0.1) is 0 Å². The molecule has 6 heteroatoms. The molecule has 0 radical (unpaired) electrons. The van der Waals surface area contributed by atoms with Crippen LogP contribution in [0.25, 0.3) is 10.2 Å². The van der Waals surface area contributed by atoms with E-state index in [0.29, 0.717) is 11.6 Å². The lowest BCUT2D eigenvalue weighted by Gasteiger charge is -2.21. The third-order valence-electron chi connectivity index (χ3n) is 4.84. The fourth-order valence-corrected chi connectivity index (χ4v) is 4.51. The molecule has 122 valence electrons. The highest BCUT2D eigenvalue weighted by molar-refractivity contribution is 7.18. The van der Waals surface area contributed by atoms with E-state index in [1.165, 1.54) is 4.70 Å². The number of hydrogen-bond acceptors (Lipinski definition) is 5. The summed E-state index contributed by atoms with van der Waals surface area (Å²) in [5.74, 6) is 1.29. The molecule has 1 aliphatic carbocycles. The number of fused-ring (bicyclic) bond motifs is 1. The molecule has 24 heavy (non-hydrogen) atoms. The Hall–Kier alpha value is -2.21. The molecular formula is C18H17N3O2S. The highest BCUT2D eigenvalue weighted by Gasteiger charge is 2.35. The molecule has 1 saturated heterocycles. The zero-order chi connectivity index (χ0) is 16.1. The van der Waals surface area contributed by atoms with Gasteiger partial charge in [-0.1, -0.05) is 17.3 Å². The minimum Gasteiger partial charge on any atom is -0.360 e. The first-order valence-electron chi connectivity index (χ1n) is 8.42. The van der Waals surface area contributed by atoms with E-state index in [1.807, 2.05) is 29.2 Å². The van der Waals surface area contributed by atoms with Gasteiger partial charge in [0, 0.05) is 18.5 Å². The predicted molar refractivity (Wildman–Crippen MR) is 91.1 cm³/mol. The number of amides is 1. The van der Waals surface area contributed by atoms with Gasteiger partial charge in [-0.15, -0.1) is 11.3 Å². The summed E-state index contributed by atoms with van der Waals surface area (Å²) in [6.07, 6.45) is 4.24. The Bertz CT molecular complexity index is 879. The average molecular weight is 339 g/mol. The molecule has 3 heterocycles. The fraction of sp³-hybridized carbons (Fsp3) is 0.389. The number of carbonyl (C=O) groups is 1. The van der Waals surface area contributed by atoms with Crippen molar-refractivity contribution in [2.45, 2.75) is 37.6 Å². The molecule has 1 aromatic carbocycles. The van der Waals surface area contributed by atoms with Crippen molar-refractivity contribution in [3.63, 3.8) is 0 Å². The molecule has 0 spiro atoms. The largest absolute Gasteiger partial charge is 0.360 e. The number of thiazole rings is 1. The Kier molecular flexibility index (Phi) is 3.19. The van der Waals surface area contributed by atoms with Crippen molar-refractivity contribution in [3.05, 3.63) is 46.8 Å². The summed E-state index contributed by atoms with van der Waals surface area (Å²) in [6, 6.07) is 10.0. The highest BCUT2D eigenvalue weighted by Crippen LogP contribution is 2.41. The lowest BCUT2D eigenvalue weighted by Crippen LogP contribution is -2.30. The number of aromatic nitrogens is 2. The van der Waals surface area contributed by atoms with Gasteiger partial charge < -0.3 is 9.42 Å². The van der Waals surface area contributed by atoms with Crippen LogP contribution in [-0.2, 0) is 0 Å². The number of benzene rings is 1. The van der Waals surface area contributed by atoms with E-state index in [4.69, 9.17) is 9.51 Å². The van der Waals surface area contributed by atoms with Crippen molar-refractivity contribution in [2.75, 3.05) is 6.54 Å². The lowest BCUT2D eigenvalue weighted by molar-refractivity contribution is 0.0725. The molecule has 1 aliphatic heterocycles. The van der Waals surface area contributed by atoms with E-state index in [0.717, 1.165) is 48.5 Å². The van der Waals surface area contributed by atoms with Crippen molar-refractivity contribution in [3.8, 4) is 0 Å². The van der Waals surface area contributed by atoms with Crippen LogP contribution in [0.3, 0.4) is 0 Å². The second-order valence-corrected chi connectivity index (χ2v) is 7.63. The van der Waals surface area contributed by atoms with Gasteiger partial charge in [-0.05, 0) is 37.8 Å². The van der Waals surface area contributed by atoms with Crippen LogP contribution >= 0.6 is 11.3 Å². The van der Waals surface area contributed by atoms with E-state index >= 15 is 0 Å². The zero-order valence-electron chi connectivity index (χ0n) is 13.1. The molecule has 0 bridgehead atoms. The van der Waals surface area contributed by atoms with E-state index in [-0.39, 0.29) is 11.9 Å². The number of para-hydroxylation sites is 1. The van der Waals surface area contributed by atoms with Gasteiger partial charge >= 0.3 is 0 Å². The molecule has 1 amide bonds. The quantitative estimate of drug-likeness (QED) is 0.719. The molecule has 2 aromatic heterocycles. The number of rotatable bonds is 3. The zero-order valence-corrected chi connectivity index (χ0v) is 14.0. The minimum atomic E-state index is -0.0348. The molecule has 1 atom stereocenters. The minimum absolute atomic E-state index is 0.0348. The topological polar surface area (TPSA) is 59.2 Å². The molecular weight excluding hydrogens is 322 g/mol. The first-order valence-corrected chi connectivity index (χ1v) is 9.24. The van der Waals surface area contributed by atoms with Gasteiger partial charge in [0.05, 0.1) is 16.3 Å². The molecule has 1 unspecified atom stereocenters. The van der Waals surface area contributed by atoms with E-state index < -0.39 is 0 Å². The first kappa shape index (κ1) is 14.2. The Morgan fingerprint density at radius 3 is 2.96 bits per heavy atom. The number of carbonyl (C=O) groups excluding carboxylic acids is 1. The summed E-state index contributed by atoms with van der Waals surface area (Å²) >= 11 is 1.68. The van der Waals surface area contributed by atoms with Crippen molar-refractivity contribution in [1.29, 1.82) is 0 Å². The Morgan fingerprint density at radius 1 is 1.25 bits per heavy atom. The first-order chi connectivity index (χ1) is 11.8. The van der Waals surface area contributed by atoms with Crippen LogP contribution < -0.4 is 0 Å². The third kappa shape index (κ3) is 2.33. The summed E-state index contributed by atoms with van der Waals surface area (Å²) in [5, 5.41) is 5.03. The third-order valence-corrected chi connectivity index (χ3v) is 5.97. The summed E-state index contributed by atoms with van der Waals surface area (Å²) < 4.78 is 6.52. The highest BCUT2D eigenvalue weighted by atomic mass is 32.1. The second kappa shape index (κ2) is 5.41.